The normalized spacial score (nSPS) is 17.8. The number of rotatable bonds is 2. The van der Waals surface area contributed by atoms with Crippen molar-refractivity contribution in [2.75, 3.05) is 6.54 Å². The van der Waals surface area contributed by atoms with E-state index in [1.165, 1.54) is 16.0 Å². The van der Waals surface area contributed by atoms with Crippen LogP contribution in [-0.4, -0.2) is 16.5 Å². The molecule has 5 heteroatoms. The molecule has 0 saturated heterocycles. The molecule has 0 radical (unpaired) electrons. The first kappa shape index (κ1) is 12.9. The van der Waals surface area contributed by atoms with Crippen molar-refractivity contribution in [1.29, 1.82) is 0 Å². The lowest BCUT2D eigenvalue weighted by molar-refractivity contribution is -0.929. The molecule has 0 saturated carbocycles. The summed E-state index contributed by atoms with van der Waals surface area (Å²) in [6, 6.07) is 8.48. The average molecular weight is 272 g/mol. The van der Waals surface area contributed by atoms with E-state index in [1.54, 1.807) is 0 Å². The Morgan fingerprint density at radius 3 is 2.65 bits per heavy atom. The van der Waals surface area contributed by atoms with Crippen LogP contribution in [0.3, 0.4) is 0 Å². The predicted molar refractivity (Wildman–Crippen MR) is 75.8 cm³/mol. The Hall–Kier alpha value is -2.14. The molecule has 3 N–H and O–H groups in total. The van der Waals surface area contributed by atoms with E-state index >= 15 is 0 Å². The summed E-state index contributed by atoms with van der Waals surface area (Å²) >= 11 is 0. The van der Waals surface area contributed by atoms with E-state index in [0.29, 0.717) is 6.54 Å². The van der Waals surface area contributed by atoms with E-state index in [9.17, 15) is 9.59 Å². The molecule has 1 unspecified atom stereocenters. The van der Waals surface area contributed by atoms with Crippen LogP contribution in [0.15, 0.2) is 33.9 Å². The molecule has 20 heavy (non-hydrogen) atoms. The van der Waals surface area contributed by atoms with Crippen molar-refractivity contribution in [3.8, 4) is 0 Å². The summed E-state index contributed by atoms with van der Waals surface area (Å²) < 4.78 is 0. The van der Waals surface area contributed by atoms with Crippen LogP contribution < -0.4 is 16.1 Å². The number of aromatic nitrogens is 2. The minimum atomic E-state index is -0.407. The van der Waals surface area contributed by atoms with Gasteiger partial charge in [-0.05, 0) is 6.92 Å². The summed E-state index contributed by atoms with van der Waals surface area (Å²) in [7, 11) is 0. The van der Waals surface area contributed by atoms with Crippen LogP contribution in [0.2, 0.25) is 0 Å². The maximum atomic E-state index is 11.8. The second-order valence-electron chi connectivity index (χ2n) is 5.45. The first-order valence-electron chi connectivity index (χ1n) is 6.85. The second-order valence-corrected chi connectivity index (χ2v) is 5.45. The standard InChI is InChI=1S/C15H17N3O2/c1-10-2-4-11(5-3-10)8-18-7-6-13-12(9-18)14(19)17-15(20)16-13/h2-5H,6-9H2,1H3,(H2,16,17,19,20)/p+1. The summed E-state index contributed by atoms with van der Waals surface area (Å²) in [5.74, 6) is 0. The molecule has 0 aliphatic carbocycles. The summed E-state index contributed by atoms with van der Waals surface area (Å²) in [6.45, 7) is 4.57. The molecule has 2 heterocycles. The Labute approximate surface area is 116 Å². The molecular weight excluding hydrogens is 254 g/mol. The number of aromatic amines is 2. The first-order chi connectivity index (χ1) is 9.61. The number of benzene rings is 1. The van der Waals surface area contributed by atoms with Gasteiger partial charge in [0.2, 0.25) is 0 Å². The molecule has 1 aliphatic rings. The van der Waals surface area contributed by atoms with Gasteiger partial charge in [-0.15, -0.1) is 0 Å². The third kappa shape index (κ3) is 2.58. The molecule has 3 rings (SSSR count). The lowest BCUT2D eigenvalue weighted by Gasteiger charge is -2.24. The molecule has 5 nitrogen and oxygen atoms in total. The van der Waals surface area contributed by atoms with E-state index in [2.05, 4.69) is 41.2 Å². The maximum absolute atomic E-state index is 11.8. The number of H-pyrrole nitrogens is 2. The number of fused-ring (bicyclic) bond motifs is 1. The average Bonchev–Trinajstić information content (AvgIpc) is 2.42. The van der Waals surface area contributed by atoms with Gasteiger partial charge >= 0.3 is 5.69 Å². The minimum Gasteiger partial charge on any atom is -0.327 e. The third-order valence-corrected chi connectivity index (χ3v) is 3.86. The number of hydrogen-bond donors (Lipinski definition) is 3. The molecule has 0 bridgehead atoms. The molecule has 1 aromatic heterocycles. The molecular formula is C15H18N3O2+. The molecule has 1 aliphatic heterocycles. The van der Waals surface area contributed by atoms with E-state index in [1.807, 2.05) is 0 Å². The highest BCUT2D eigenvalue weighted by molar-refractivity contribution is 5.21. The van der Waals surface area contributed by atoms with Crippen LogP contribution in [0, 0.1) is 6.92 Å². The highest BCUT2D eigenvalue weighted by atomic mass is 16.2. The minimum absolute atomic E-state index is 0.246. The van der Waals surface area contributed by atoms with Crippen molar-refractivity contribution in [2.24, 2.45) is 0 Å². The Balaban J connectivity index is 1.80. The van der Waals surface area contributed by atoms with Crippen LogP contribution in [0.4, 0.5) is 0 Å². The van der Waals surface area contributed by atoms with Crippen molar-refractivity contribution in [2.45, 2.75) is 26.4 Å². The van der Waals surface area contributed by atoms with Crippen molar-refractivity contribution in [3.05, 3.63) is 67.5 Å². The van der Waals surface area contributed by atoms with Gasteiger partial charge in [-0.25, -0.2) is 4.79 Å². The Morgan fingerprint density at radius 1 is 1.15 bits per heavy atom. The van der Waals surface area contributed by atoms with Gasteiger partial charge < -0.3 is 9.88 Å². The van der Waals surface area contributed by atoms with Crippen molar-refractivity contribution >= 4 is 0 Å². The van der Waals surface area contributed by atoms with Gasteiger partial charge in [-0.1, -0.05) is 29.8 Å². The molecule has 1 atom stereocenters. The summed E-state index contributed by atoms with van der Waals surface area (Å²) in [6.07, 6.45) is 0.746. The van der Waals surface area contributed by atoms with Gasteiger partial charge in [0, 0.05) is 17.7 Å². The molecule has 0 spiro atoms. The number of hydrogen-bond acceptors (Lipinski definition) is 2. The number of nitrogens with one attached hydrogen (secondary N) is 3. The fourth-order valence-electron chi connectivity index (χ4n) is 2.75. The van der Waals surface area contributed by atoms with Crippen LogP contribution in [0.1, 0.15) is 22.4 Å². The number of quaternary nitrogens is 1. The first-order valence-corrected chi connectivity index (χ1v) is 6.85. The lowest BCUT2D eigenvalue weighted by atomic mass is 10.1. The fraction of sp³-hybridized carbons (Fsp3) is 0.333. The second kappa shape index (κ2) is 5.09. The Bertz CT molecular complexity index is 728. The van der Waals surface area contributed by atoms with Crippen LogP contribution >= 0.6 is 0 Å². The van der Waals surface area contributed by atoms with Crippen molar-refractivity contribution < 1.29 is 4.90 Å². The van der Waals surface area contributed by atoms with Crippen LogP contribution in [0.5, 0.6) is 0 Å². The summed E-state index contributed by atoms with van der Waals surface area (Å²) in [5.41, 5.74) is 3.39. The van der Waals surface area contributed by atoms with Gasteiger partial charge in [0.25, 0.3) is 5.56 Å². The summed E-state index contributed by atoms with van der Waals surface area (Å²) in [5, 5.41) is 0. The lowest BCUT2D eigenvalue weighted by Crippen LogP contribution is -3.10. The predicted octanol–water partition coefficient (Wildman–Crippen LogP) is -0.487. The van der Waals surface area contributed by atoms with Crippen molar-refractivity contribution in [3.63, 3.8) is 0 Å². The van der Waals surface area contributed by atoms with E-state index in [0.717, 1.165) is 30.8 Å². The fourth-order valence-corrected chi connectivity index (χ4v) is 2.75. The maximum Gasteiger partial charge on any atom is 0.325 e. The van der Waals surface area contributed by atoms with Crippen molar-refractivity contribution in [1.82, 2.24) is 9.97 Å². The highest BCUT2D eigenvalue weighted by Crippen LogP contribution is 2.04. The monoisotopic (exact) mass is 272 g/mol. The van der Waals surface area contributed by atoms with Crippen LogP contribution in [0.25, 0.3) is 0 Å². The Kier molecular flexibility index (Phi) is 3.28. The van der Waals surface area contributed by atoms with E-state index in [-0.39, 0.29) is 5.56 Å². The zero-order valence-electron chi connectivity index (χ0n) is 11.5. The topological polar surface area (TPSA) is 70.2 Å². The van der Waals surface area contributed by atoms with Gasteiger partial charge in [-0.3, -0.25) is 9.78 Å². The smallest absolute Gasteiger partial charge is 0.325 e. The SMILES string of the molecule is Cc1ccc(C[NH+]2CCc3[nH]c(=O)[nH]c(=O)c3C2)cc1. The van der Waals surface area contributed by atoms with Gasteiger partial charge in [-0.2, -0.15) is 0 Å². The van der Waals surface area contributed by atoms with Gasteiger partial charge in [0.15, 0.2) is 0 Å². The number of aryl methyl sites for hydroxylation is 1. The molecule has 2 aromatic rings. The highest BCUT2D eigenvalue weighted by Gasteiger charge is 2.23. The zero-order valence-corrected chi connectivity index (χ0v) is 11.5. The molecule has 104 valence electrons. The molecule has 1 aromatic carbocycles. The van der Waals surface area contributed by atoms with Gasteiger partial charge in [0.1, 0.15) is 13.1 Å². The quantitative estimate of drug-likeness (QED) is 0.690. The van der Waals surface area contributed by atoms with E-state index in [4.69, 9.17) is 0 Å². The largest absolute Gasteiger partial charge is 0.327 e. The van der Waals surface area contributed by atoms with Gasteiger partial charge in [0.05, 0.1) is 12.1 Å². The van der Waals surface area contributed by atoms with E-state index < -0.39 is 5.69 Å². The molecule has 0 amide bonds. The van der Waals surface area contributed by atoms with Crippen LogP contribution in [-0.2, 0) is 19.5 Å². The third-order valence-electron chi connectivity index (χ3n) is 3.86. The Morgan fingerprint density at radius 2 is 1.90 bits per heavy atom. The summed E-state index contributed by atoms with van der Waals surface area (Å²) in [4.78, 5) is 29.5. The zero-order chi connectivity index (χ0) is 14.1. The molecule has 0 fully saturated rings.